The number of anilines is 1. The predicted molar refractivity (Wildman–Crippen MR) is 140 cm³/mol. The number of urea groups is 1. The SMILES string of the molecule is Cc1ccc(-c2cc(C(N)=O)c(NC(N)=O)s2)cc1CCN[C@@H](CC(C)C)C(=O)OC1CCCC1. The molecule has 1 heterocycles. The van der Waals surface area contributed by atoms with E-state index in [0.717, 1.165) is 60.1 Å². The smallest absolute Gasteiger partial charge is 0.323 e. The van der Waals surface area contributed by atoms with E-state index in [1.54, 1.807) is 6.07 Å². The minimum Gasteiger partial charge on any atom is -0.461 e. The maximum absolute atomic E-state index is 12.8. The number of primary amides is 2. The van der Waals surface area contributed by atoms with E-state index in [9.17, 15) is 14.4 Å². The molecule has 35 heavy (non-hydrogen) atoms. The molecule has 1 aliphatic rings. The van der Waals surface area contributed by atoms with E-state index in [1.165, 1.54) is 11.3 Å². The third-order valence-electron chi connectivity index (χ3n) is 6.23. The normalized spacial score (nSPS) is 14.7. The van der Waals surface area contributed by atoms with Gasteiger partial charge >= 0.3 is 12.0 Å². The topological polar surface area (TPSA) is 137 Å². The number of esters is 1. The van der Waals surface area contributed by atoms with E-state index < -0.39 is 11.9 Å². The first kappa shape index (κ1) is 26.7. The first-order chi connectivity index (χ1) is 16.6. The molecule has 1 aliphatic carbocycles. The van der Waals surface area contributed by atoms with Gasteiger partial charge in [-0.1, -0.05) is 32.0 Å². The fourth-order valence-corrected chi connectivity index (χ4v) is 5.45. The molecule has 0 radical (unpaired) electrons. The third-order valence-corrected chi connectivity index (χ3v) is 7.33. The molecule has 0 spiro atoms. The molecular formula is C26H36N4O4S. The summed E-state index contributed by atoms with van der Waals surface area (Å²) in [5.41, 5.74) is 14.1. The Morgan fingerprint density at radius 1 is 1.14 bits per heavy atom. The summed E-state index contributed by atoms with van der Waals surface area (Å²) in [5.74, 6) is -0.410. The zero-order chi connectivity index (χ0) is 25.5. The standard InChI is InChI=1S/C26H36N4O4S/c1-15(2)12-21(25(32)34-19-6-4-5-7-19)29-11-10-17-13-18(9-8-16(17)3)22-14-20(23(27)31)24(35-22)30-26(28)33/h8-9,13-15,19,21,29H,4-7,10-12H2,1-3H3,(H2,27,31)(H3,28,30,33)/t21-/m0/s1. The van der Waals surface area contributed by atoms with Crippen LogP contribution in [0.15, 0.2) is 24.3 Å². The summed E-state index contributed by atoms with van der Waals surface area (Å²) in [5, 5.41) is 6.22. The Balaban J connectivity index is 1.70. The average molecular weight is 501 g/mol. The Kier molecular flexibility index (Phi) is 9.28. The second-order valence-corrected chi connectivity index (χ2v) is 10.6. The number of ether oxygens (including phenoxy) is 1. The highest BCUT2D eigenvalue weighted by molar-refractivity contribution is 7.20. The molecule has 2 aromatic rings. The molecule has 0 bridgehead atoms. The van der Waals surface area contributed by atoms with Crippen molar-refractivity contribution in [1.29, 1.82) is 0 Å². The summed E-state index contributed by atoms with van der Waals surface area (Å²) < 4.78 is 5.76. The second-order valence-electron chi connectivity index (χ2n) is 9.58. The lowest BCUT2D eigenvalue weighted by Crippen LogP contribution is -2.41. The Morgan fingerprint density at radius 3 is 2.49 bits per heavy atom. The van der Waals surface area contributed by atoms with Crippen molar-refractivity contribution in [2.45, 2.75) is 71.4 Å². The number of thiophene rings is 1. The van der Waals surface area contributed by atoms with E-state index in [1.807, 2.05) is 19.1 Å². The number of rotatable bonds is 11. The molecule has 1 aromatic heterocycles. The number of hydrogen-bond donors (Lipinski definition) is 4. The van der Waals surface area contributed by atoms with Crippen molar-refractivity contribution >= 4 is 34.2 Å². The molecule has 8 nitrogen and oxygen atoms in total. The van der Waals surface area contributed by atoms with Gasteiger partial charge in [-0.3, -0.25) is 14.9 Å². The lowest BCUT2D eigenvalue weighted by Gasteiger charge is -2.22. The van der Waals surface area contributed by atoms with Crippen LogP contribution in [0.5, 0.6) is 0 Å². The first-order valence-electron chi connectivity index (χ1n) is 12.2. The predicted octanol–water partition coefficient (Wildman–Crippen LogP) is 4.35. The Bertz CT molecular complexity index is 1060. The van der Waals surface area contributed by atoms with Crippen LogP contribution in [0.1, 0.15) is 67.4 Å². The minimum atomic E-state index is -0.751. The molecule has 190 valence electrons. The van der Waals surface area contributed by atoms with Gasteiger partial charge in [0.15, 0.2) is 0 Å². The Hall–Kier alpha value is -2.91. The van der Waals surface area contributed by atoms with Crippen LogP contribution in [0.25, 0.3) is 10.4 Å². The van der Waals surface area contributed by atoms with Gasteiger partial charge in [-0.05, 0) is 80.7 Å². The van der Waals surface area contributed by atoms with E-state index in [0.29, 0.717) is 17.5 Å². The van der Waals surface area contributed by atoms with Crippen molar-refractivity contribution in [2.24, 2.45) is 17.4 Å². The summed E-state index contributed by atoms with van der Waals surface area (Å²) >= 11 is 1.25. The van der Waals surface area contributed by atoms with E-state index in [4.69, 9.17) is 16.2 Å². The van der Waals surface area contributed by atoms with Crippen molar-refractivity contribution in [3.05, 3.63) is 41.0 Å². The molecule has 1 atom stereocenters. The third kappa shape index (κ3) is 7.53. The number of nitrogens with one attached hydrogen (secondary N) is 2. The highest BCUT2D eigenvalue weighted by atomic mass is 32.1. The van der Waals surface area contributed by atoms with Crippen LogP contribution in [0, 0.1) is 12.8 Å². The number of aryl methyl sites for hydroxylation is 1. The number of nitrogens with two attached hydrogens (primary N) is 2. The van der Waals surface area contributed by atoms with Crippen LogP contribution in [-0.4, -0.2) is 36.6 Å². The average Bonchev–Trinajstić information content (AvgIpc) is 3.43. The van der Waals surface area contributed by atoms with Crippen LogP contribution >= 0.6 is 11.3 Å². The summed E-state index contributed by atoms with van der Waals surface area (Å²) in [4.78, 5) is 36.7. The van der Waals surface area contributed by atoms with Crippen LogP contribution in [0.3, 0.4) is 0 Å². The van der Waals surface area contributed by atoms with Crippen LogP contribution in [-0.2, 0) is 16.0 Å². The molecule has 1 aromatic carbocycles. The van der Waals surface area contributed by atoms with Crippen LogP contribution in [0.2, 0.25) is 0 Å². The Morgan fingerprint density at radius 2 is 1.86 bits per heavy atom. The van der Waals surface area contributed by atoms with E-state index >= 15 is 0 Å². The molecule has 0 saturated heterocycles. The van der Waals surface area contributed by atoms with Gasteiger partial charge in [-0.25, -0.2) is 4.79 Å². The van der Waals surface area contributed by atoms with Gasteiger partial charge < -0.3 is 21.5 Å². The maximum Gasteiger partial charge on any atom is 0.323 e. The lowest BCUT2D eigenvalue weighted by molar-refractivity contribution is -0.151. The minimum absolute atomic E-state index is 0.0583. The maximum atomic E-state index is 12.8. The quantitative estimate of drug-likeness (QED) is 0.340. The van der Waals surface area contributed by atoms with Gasteiger partial charge in [0.2, 0.25) is 0 Å². The van der Waals surface area contributed by atoms with Crippen molar-refractivity contribution < 1.29 is 19.1 Å². The molecule has 1 fully saturated rings. The number of benzene rings is 1. The molecule has 3 rings (SSSR count). The van der Waals surface area contributed by atoms with Crippen molar-refractivity contribution in [2.75, 3.05) is 11.9 Å². The fraction of sp³-hybridized carbons (Fsp3) is 0.500. The molecule has 0 unspecified atom stereocenters. The Labute approximate surface area is 210 Å². The number of amides is 3. The zero-order valence-electron chi connectivity index (χ0n) is 20.7. The van der Waals surface area contributed by atoms with Gasteiger partial charge in [0.05, 0.1) is 5.56 Å². The van der Waals surface area contributed by atoms with Gasteiger partial charge in [-0.15, -0.1) is 11.3 Å². The molecule has 1 saturated carbocycles. The highest BCUT2D eigenvalue weighted by Crippen LogP contribution is 2.36. The van der Waals surface area contributed by atoms with Crippen molar-refractivity contribution in [3.63, 3.8) is 0 Å². The monoisotopic (exact) mass is 500 g/mol. The lowest BCUT2D eigenvalue weighted by atomic mass is 10.00. The highest BCUT2D eigenvalue weighted by Gasteiger charge is 2.26. The molecule has 0 aliphatic heterocycles. The second kappa shape index (κ2) is 12.2. The van der Waals surface area contributed by atoms with Gasteiger partial charge in [-0.2, -0.15) is 0 Å². The summed E-state index contributed by atoms with van der Waals surface area (Å²) in [6, 6.07) is 6.65. The van der Waals surface area contributed by atoms with Crippen LogP contribution < -0.4 is 22.1 Å². The van der Waals surface area contributed by atoms with Gasteiger partial charge in [0.1, 0.15) is 17.1 Å². The van der Waals surface area contributed by atoms with Crippen molar-refractivity contribution in [1.82, 2.24) is 5.32 Å². The summed E-state index contributed by atoms with van der Waals surface area (Å²) in [7, 11) is 0. The molecule has 9 heteroatoms. The van der Waals surface area contributed by atoms with Crippen molar-refractivity contribution in [3.8, 4) is 10.4 Å². The number of hydrogen-bond acceptors (Lipinski definition) is 6. The van der Waals surface area contributed by atoms with E-state index in [2.05, 4.69) is 30.5 Å². The zero-order valence-corrected chi connectivity index (χ0v) is 21.5. The largest absolute Gasteiger partial charge is 0.461 e. The first-order valence-corrected chi connectivity index (χ1v) is 13.0. The summed E-state index contributed by atoms with van der Waals surface area (Å²) in [6.45, 7) is 6.89. The van der Waals surface area contributed by atoms with E-state index in [-0.39, 0.29) is 23.7 Å². The molecular weight excluding hydrogens is 464 g/mol. The molecule has 3 amide bonds. The number of carbonyl (C=O) groups is 3. The molecule has 6 N–H and O–H groups in total. The van der Waals surface area contributed by atoms with Gasteiger partial charge in [0.25, 0.3) is 5.91 Å². The van der Waals surface area contributed by atoms with Crippen LogP contribution in [0.4, 0.5) is 9.80 Å². The van der Waals surface area contributed by atoms with Gasteiger partial charge in [0, 0.05) is 4.88 Å². The number of carbonyl (C=O) groups excluding carboxylic acids is 3. The fourth-order valence-electron chi connectivity index (χ4n) is 4.38. The summed E-state index contributed by atoms with van der Waals surface area (Å²) in [6.07, 6.45) is 5.69.